The average molecular weight is 280 g/mol. The van der Waals surface area contributed by atoms with Crippen LogP contribution in [0.25, 0.3) is 0 Å². The van der Waals surface area contributed by atoms with Crippen molar-refractivity contribution in [2.45, 2.75) is 19.4 Å². The summed E-state index contributed by atoms with van der Waals surface area (Å²) in [6.07, 6.45) is 3.87. The average Bonchev–Trinajstić information content (AvgIpc) is 2.41. The van der Waals surface area contributed by atoms with Crippen molar-refractivity contribution >= 4 is 11.6 Å². The molecule has 0 aliphatic heterocycles. The Morgan fingerprint density at radius 2 is 2.21 bits per heavy atom. The van der Waals surface area contributed by atoms with Gasteiger partial charge in [-0.2, -0.15) is 0 Å². The topological polar surface area (TPSA) is 50.9 Å². The summed E-state index contributed by atoms with van der Waals surface area (Å²) in [6.45, 7) is 1.97. The van der Waals surface area contributed by atoms with E-state index in [4.69, 9.17) is 17.4 Å². The molecule has 1 aromatic carbocycles. The van der Waals surface area contributed by atoms with Crippen LogP contribution < -0.4 is 11.3 Å². The molecule has 0 fully saturated rings. The van der Waals surface area contributed by atoms with Crippen LogP contribution in [0.5, 0.6) is 0 Å². The molecule has 3 nitrogen and oxygen atoms in total. The fourth-order valence-electron chi connectivity index (χ4n) is 2.02. The van der Waals surface area contributed by atoms with Gasteiger partial charge in [0.1, 0.15) is 5.82 Å². The lowest BCUT2D eigenvalue weighted by Gasteiger charge is -2.18. The molecule has 0 bridgehead atoms. The highest BCUT2D eigenvalue weighted by atomic mass is 35.5. The molecule has 0 radical (unpaired) electrons. The number of hydrazine groups is 1. The third-order valence-electron chi connectivity index (χ3n) is 3.09. The normalized spacial score (nSPS) is 12.4. The van der Waals surface area contributed by atoms with Crippen molar-refractivity contribution in [1.82, 2.24) is 10.4 Å². The molecule has 1 heterocycles. The van der Waals surface area contributed by atoms with Gasteiger partial charge in [0.15, 0.2) is 0 Å². The van der Waals surface area contributed by atoms with Gasteiger partial charge in [0.25, 0.3) is 0 Å². The molecule has 5 heteroatoms. The van der Waals surface area contributed by atoms with Gasteiger partial charge in [-0.3, -0.25) is 16.3 Å². The summed E-state index contributed by atoms with van der Waals surface area (Å²) in [6, 6.07) is 6.20. The number of rotatable bonds is 4. The number of hydrogen-bond donors (Lipinski definition) is 2. The van der Waals surface area contributed by atoms with E-state index in [-0.39, 0.29) is 11.9 Å². The second kappa shape index (κ2) is 6.10. The van der Waals surface area contributed by atoms with E-state index in [2.05, 4.69) is 10.4 Å². The lowest BCUT2D eigenvalue weighted by atomic mass is 9.97. The minimum Gasteiger partial charge on any atom is -0.271 e. The highest BCUT2D eigenvalue weighted by Crippen LogP contribution is 2.23. The second-order valence-electron chi connectivity index (χ2n) is 4.39. The highest BCUT2D eigenvalue weighted by molar-refractivity contribution is 6.30. The molecule has 0 saturated carbocycles. The molecule has 2 rings (SSSR count). The Balaban J connectivity index is 2.29. The van der Waals surface area contributed by atoms with Crippen LogP contribution in [0.1, 0.15) is 22.7 Å². The molecular weight excluding hydrogens is 265 g/mol. The SMILES string of the molecule is Cc1ccncc1C(Cc1cc(Cl)ccc1F)NN. The quantitative estimate of drug-likeness (QED) is 0.668. The second-order valence-corrected chi connectivity index (χ2v) is 4.83. The molecule has 0 spiro atoms. The number of hydrogen-bond acceptors (Lipinski definition) is 3. The van der Waals surface area contributed by atoms with Crippen LogP contribution in [0.4, 0.5) is 4.39 Å². The van der Waals surface area contributed by atoms with Gasteiger partial charge in [-0.15, -0.1) is 0 Å². The highest BCUT2D eigenvalue weighted by Gasteiger charge is 2.15. The number of nitrogens with zero attached hydrogens (tertiary/aromatic N) is 1. The molecule has 100 valence electrons. The summed E-state index contributed by atoms with van der Waals surface area (Å²) in [5.74, 6) is 5.29. The smallest absolute Gasteiger partial charge is 0.126 e. The zero-order chi connectivity index (χ0) is 13.8. The van der Waals surface area contributed by atoms with E-state index in [1.54, 1.807) is 18.5 Å². The maximum absolute atomic E-state index is 13.7. The minimum absolute atomic E-state index is 0.207. The first-order valence-corrected chi connectivity index (χ1v) is 6.30. The minimum atomic E-state index is -0.286. The molecule has 1 atom stereocenters. The summed E-state index contributed by atoms with van der Waals surface area (Å²) in [4.78, 5) is 4.08. The van der Waals surface area contributed by atoms with Gasteiger partial charge in [0, 0.05) is 17.4 Å². The van der Waals surface area contributed by atoms with Crippen LogP contribution in [0.2, 0.25) is 5.02 Å². The number of halogens is 2. The van der Waals surface area contributed by atoms with E-state index in [0.29, 0.717) is 17.0 Å². The van der Waals surface area contributed by atoms with E-state index in [0.717, 1.165) is 11.1 Å². The van der Waals surface area contributed by atoms with Crippen LogP contribution in [-0.2, 0) is 6.42 Å². The number of nitrogens with two attached hydrogens (primary N) is 1. The fourth-order valence-corrected chi connectivity index (χ4v) is 2.21. The van der Waals surface area contributed by atoms with Crippen LogP contribution in [0, 0.1) is 12.7 Å². The number of pyridine rings is 1. The van der Waals surface area contributed by atoms with Crippen molar-refractivity contribution in [3.8, 4) is 0 Å². The van der Waals surface area contributed by atoms with Crippen LogP contribution >= 0.6 is 11.6 Å². The first-order chi connectivity index (χ1) is 9.11. The molecule has 0 saturated heterocycles. The van der Waals surface area contributed by atoms with Crippen molar-refractivity contribution in [3.63, 3.8) is 0 Å². The van der Waals surface area contributed by atoms with E-state index in [9.17, 15) is 4.39 Å². The summed E-state index contributed by atoms with van der Waals surface area (Å²) in [5.41, 5.74) is 5.24. The molecule has 0 aliphatic rings. The van der Waals surface area contributed by atoms with Gasteiger partial charge < -0.3 is 0 Å². The third kappa shape index (κ3) is 3.29. The molecule has 0 amide bonds. The van der Waals surface area contributed by atoms with Crippen molar-refractivity contribution in [3.05, 3.63) is 64.2 Å². The Bertz CT molecular complexity index is 574. The number of nitrogens with one attached hydrogen (secondary N) is 1. The Morgan fingerprint density at radius 3 is 2.89 bits per heavy atom. The summed E-state index contributed by atoms with van der Waals surface area (Å²) in [5, 5.41) is 0.509. The van der Waals surface area contributed by atoms with Gasteiger partial charge in [-0.05, 0) is 54.3 Å². The van der Waals surface area contributed by atoms with E-state index < -0.39 is 0 Å². The first-order valence-electron chi connectivity index (χ1n) is 5.92. The van der Waals surface area contributed by atoms with E-state index in [1.807, 2.05) is 13.0 Å². The van der Waals surface area contributed by atoms with Crippen molar-refractivity contribution in [1.29, 1.82) is 0 Å². The van der Waals surface area contributed by atoms with Crippen LogP contribution in [0.15, 0.2) is 36.7 Å². The van der Waals surface area contributed by atoms with Gasteiger partial charge in [0.05, 0.1) is 6.04 Å². The molecule has 0 aliphatic carbocycles. The number of benzene rings is 1. The van der Waals surface area contributed by atoms with Gasteiger partial charge in [0.2, 0.25) is 0 Å². The summed E-state index contributed by atoms with van der Waals surface area (Å²) in [7, 11) is 0. The van der Waals surface area contributed by atoms with Gasteiger partial charge in [-0.1, -0.05) is 11.6 Å². The molecule has 19 heavy (non-hydrogen) atoms. The summed E-state index contributed by atoms with van der Waals surface area (Å²) < 4.78 is 13.7. The molecule has 1 aromatic heterocycles. The monoisotopic (exact) mass is 279 g/mol. The lowest BCUT2D eigenvalue weighted by Crippen LogP contribution is -2.30. The van der Waals surface area contributed by atoms with Gasteiger partial charge >= 0.3 is 0 Å². The molecule has 3 N–H and O–H groups in total. The Kier molecular flexibility index (Phi) is 4.47. The Morgan fingerprint density at radius 1 is 1.42 bits per heavy atom. The van der Waals surface area contributed by atoms with Crippen molar-refractivity contribution in [2.75, 3.05) is 0 Å². The Labute approximate surface area is 116 Å². The molecular formula is C14H15ClFN3. The predicted molar refractivity (Wildman–Crippen MR) is 74.2 cm³/mol. The zero-order valence-electron chi connectivity index (χ0n) is 10.5. The summed E-state index contributed by atoms with van der Waals surface area (Å²) >= 11 is 5.89. The molecule has 2 aromatic rings. The van der Waals surface area contributed by atoms with Crippen molar-refractivity contribution in [2.24, 2.45) is 5.84 Å². The largest absolute Gasteiger partial charge is 0.271 e. The maximum atomic E-state index is 13.7. The first kappa shape index (κ1) is 13.9. The Hall–Kier alpha value is -1.49. The third-order valence-corrected chi connectivity index (χ3v) is 3.32. The number of aromatic nitrogens is 1. The molecule has 1 unspecified atom stereocenters. The maximum Gasteiger partial charge on any atom is 0.126 e. The van der Waals surface area contributed by atoms with Gasteiger partial charge in [-0.25, -0.2) is 4.39 Å². The van der Waals surface area contributed by atoms with E-state index in [1.165, 1.54) is 12.1 Å². The predicted octanol–water partition coefficient (Wildman–Crippen LogP) is 2.93. The number of aryl methyl sites for hydroxylation is 1. The van der Waals surface area contributed by atoms with Crippen LogP contribution in [-0.4, -0.2) is 4.98 Å². The van der Waals surface area contributed by atoms with E-state index >= 15 is 0 Å². The lowest BCUT2D eigenvalue weighted by molar-refractivity contribution is 0.526. The fraction of sp³-hybridized carbons (Fsp3) is 0.214. The zero-order valence-corrected chi connectivity index (χ0v) is 11.3. The van der Waals surface area contributed by atoms with Crippen LogP contribution in [0.3, 0.4) is 0 Å². The van der Waals surface area contributed by atoms with Crippen molar-refractivity contribution < 1.29 is 4.39 Å². The standard InChI is InChI=1S/C14H15ClFN3/c1-9-4-5-18-8-12(9)14(19-17)7-10-6-11(15)2-3-13(10)16/h2-6,8,14,19H,7,17H2,1H3.